The van der Waals surface area contributed by atoms with E-state index in [1.165, 1.54) is 0 Å². The third-order valence-electron chi connectivity index (χ3n) is 5.48. The molecule has 1 unspecified atom stereocenters. The Morgan fingerprint density at radius 3 is 2.14 bits per heavy atom. The molecule has 0 aliphatic carbocycles. The normalized spacial score (nSPS) is 11.3. The van der Waals surface area contributed by atoms with Gasteiger partial charge in [-0.25, -0.2) is 0 Å². The third-order valence-corrected chi connectivity index (χ3v) is 5.48. The molecule has 3 aromatic rings. The summed E-state index contributed by atoms with van der Waals surface area (Å²) in [6.45, 7) is 4.00. The van der Waals surface area contributed by atoms with E-state index in [1.54, 1.807) is 48.5 Å². The van der Waals surface area contributed by atoms with Gasteiger partial charge in [-0.15, -0.1) is 0 Å². The summed E-state index contributed by atoms with van der Waals surface area (Å²) in [6, 6.07) is 24.0. The molecule has 7 heteroatoms. The monoisotopic (exact) mass is 472 g/mol. The zero-order chi connectivity index (χ0) is 25.0. The molecule has 0 spiro atoms. The van der Waals surface area contributed by atoms with E-state index in [-0.39, 0.29) is 30.3 Å². The fraction of sp³-hybridized carbons (Fsp3) is 0.250. The topological polar surface area (TPSA) is 99.3 Å². The number of anilines is 3. The van der Waals surface area contributed by atoms with Crippen molar-refractivity contribution in [2.75, 3.05) is 22.5 Å². The van der Waals surface area contributed by atoms with Gasteiger partial charge in [-0.3, -0.25) is 14.4 Å². The molecule has 3 rings (SSSR count). The Morgan fingerprint density at radius 1 is 0.771 bits per heavy atom. The summed E-state index contributed by atoms with van der Waals surface area (Å²) < 4.78 is 0. The molecular formula is C28H32N4O3. The zero-order valence-corrected chi connectivity index (χ0v) is 20.1. The first-order chi connectivity index (χ1) is 16.9. The summed E-state index contributed by atoms with van der Waals surface area (Å²) in [4.78, 5) is 37.1. The van der Waals surface area contributed by atoms with Gasteiger partial charge in [-0.05, 0) is 61.7 Å². The second-order valence-electron chi connectivity index (χ2n) is 8.38. The van der Waals surface area contributed by atoms with Crippen molar-refractivity contribution in [3.05, 3.63) is 90.0 Å². The highest BCUT2D eigenvalue weighted by atomic mass is 16.2. The van der Waals surface area contributed by atoms with E-state index in [0.29, 0.717) is 35.5 Å². The summed E-state index contributed by atoms with van der Waals surface area (Å²) in [5.41, 5.74) is 3.52. The maximum Gasteiger partial charge on any atom is 0.251 e. The summed E-state index contributed by atoms with van der Waals surface area (Å²) >= 11 is 0. The molecule has 0 aromatic heterocycles. The largest absolute Gasteiger partial charge is 0.376 e. The smallest absolute Gasteiger partial charge is 0.251 e. The van der Waals surface area contributed by atoms with Crippen LogP contribution >= 0.6 is 0 Å². The molecule has 0 radical (unpaired) electrons. The molecule has 35 heavy (non-hydrogen) atoms. The van der Waals surface area contributed by atoms with Gasteiger partial charge in [-0.1, -0.05) is 49.4 Å². The van der Waals surface area contributed by atoms with Crippen molar-refractivity contribution < 1.29 is 14.4 Å². The second-order valence-corrected chi connectivity index (χ2v) is 8.38. The molecule has 0 saturated carbocycles. The van der Waals surface area contributed by atoms with Gasteiger partial charge in [0, 0.05) is 35.1 Å². The van der Waals surface area contributed by atoms with Gasteiger partial charge in [0.05, 0.1) is 6.54 Å². The molecule has 0 saturated heterocycles. The van der Waals surface area contributed by atoms with Crippen molar-refractivity contribution in [1.82, 2.24) is 5.32 Å². The van der Waals surface area contributed by atoms with Crippen molar-refractivity contribution in [2.24, 2.45) is 0 Å². The zero-order valence-electron chi connectivity index (χ0n) is 20.1. The van der Waals surface area contributed by atoms with Crippen LogP contribution in [0.1, 0.15) is 42.6 Å². The van der Waals surface area contributed by atoms with Gasteiger partial charge < -0.3 is 21.3 Å². The van der Waals surface area contributed by atoms with Gasteiger partial charge >= 0.3 is 0 Å². The minimum absolute atomic E-state index is 0.0318. The Labute approximate surface area is 206 Å². The number of nitrogens with one attached hydrogen (secondary N) is 4. The van der Waals surface area contributed by atoms with Gasteiger partial charge in [0.25, 0.3) is 5.91 Å². The Morgan fingerprint density at radius 2 is 1.43 bits per heavy atom. The van der Waals surface area contributed by atoms with Gasteiger partial charge in [0.2, 0.25) is 11.8 Å². The highest BCUT2D eigenvalue weighted by Crippen LogP contribution is 2.16. The van der Waals surface area contributed by atoms with Crippen LogP contribution in [0, 0.1) is 0 Å². The van der Waals surface area contributed by atoms with Crippen molar-refractivity contribution in [3.63, 3.8) is 0 Å². The first-order valence-corrected chi connectivity index (χ1v) is 11.8. The summed E-state index contributed by atoms with van der Waals surface area (Å²) in [5, 5.41) is 11.7. The predicted molar refractivity (Wildman–Crippen MR) is 141 cm³/mol. The van der Waals surface area contributed by atoms with Crippen LogP contribution in [-0.2, 0) is 16.0 Å². The number of amides is 3. The van der Waals surface area contributed by atoms with Gasteiger partial charge in [0.1, 0.15) is 0 Å². The molecule has 0 bridgehead atoms. The van der Waals surface area contributed by atoms with Crippen LogP contribution in [0.5, 0.6) is 0 Å². The average Bonchev–Trinajstić information content (AvgIpc) is 2.87. The lowest BCUT2D eigenvalue weighted by atomic mass is 10.1. The van der Waals surface area contributed by atoms with E-state index < -0.39 is 0 Å². The minimum atomic E-state index is -0.244. The molecule has 0 aliphatic heterocycles. The molecule has 3 aromatic carbocycles. The van der Waals surface area contributed by atoms with E-state index in [0.717, 1.165) is 12.0 Å². The molecule has 0 aliphatic rings. The average molecular weight is 473 g/mol. The molecule has 3 amide bonds. The first-order valence-electron chi connectivity index (χ1n) is 11.8. The van der Waals surface area contributed by atoms with Gasteiger partial charge in [-0.2, -0.15) is 0 Å². The quantitative estimate of drug-likeness (QED) is 0.321. The fourth-order valence-electron chi connectivity index (χ4n) is 3.37. The summed E-state index contributed by atoms with van der Waals surface area (Å²) in [5.74, 6) is -0.474. The minimum Gasteiger partial charge on any atom is -0.376 e. The van der Waals surface area contributed by atoms with Crippen molar-refractivity contribution >= 4 is 34.8 Å². The SMILES string of the molecule is CCC(C)NC(=O)c1cccc(NCC(=O)Nc2cccc(NC(=O)CCc3ccccc3)c2)c1. The molecule has 0 fully saturated rings. The van der Waals surface area contributed by atoms with Crippen LogP contribution in [-0.4, -0.2) is 30.3 Å². The third kappa shape index (κ3) is 8.62. The lowest BCUT2D eigenvalue weighted by Gasteiger charge is -2.13. The Bertz CT molecular complexity index is 1150. The number of hydrogen-bond donors (Lipinski definition) is 4. The Hall–Kier alpha value is -4.13. The number of rotatable bonds is 11. The van der Waals surface area contributed by atoms with Crippen LogP contribution in [0.4, 0.5) is 17.1 Å². The maximum absolute atomic E-state index is 12.4. The van der Waals surface area contributed by atoms with Gasteiger partial charge in [0.15, 0.2) is 0 Å². The highest BCUT2D eigenvalue weighted by molar-refractivity contribution is 5.97. The Kier molecular flexibility index (Phi) is 9.42. The Balaban J connectivity index is 1.48. The van der Waals surface area contributed by atoms with Crippen LogP contribution in [0.2, 0.25) is 0 Å². The van der Waals surface area contributed by atoms with Crippen molar-refractivity contribution in [3.8, 4) is 0 Å². The van der Waals surface area contributed by atoms with Crippen LogP contribution < -0.4 is 21.3 Å². The molecule has 0 heterocycles. The lowest BCUT2D eigenvalue weighted by Crippen LogP contribution is -2.31. The summed E-state index contributed by atoms with van der Waals surface area (Å²) in [6.07, 6.45) is 1.89. The van der Waals surface area contributed by atoms with Crippen LogP contribution in [0.15, 0.2) is 78.9 Å². The number of carbonyl (C=O) groups excluding carboxylic acids is 3. The number of benzene rings is 3. The molecule has 182 valence electrons. The lowest BCUT2D eigenvalue weighted by molar-refractivity contribution is -0.116. The standard InChI is InChI=1S/C28H32N4O3/c1-3-20(2)30-28(35)22-11-7-12-23(17-22)29-19-27(34)32-25-14-8-13-24(18-25)31-26(33)16-15-21-9-5-4-6-10-21/h4-14,17-18,20,29H,3,15-16,19H2,1-2H3,(H,30,35)(H,31,33)(H,32,34). The van der Waals surface area contributed by atoms with Crippen molar-refractivity contribution in [2.45, 2.75) is 39.2 Å². The summed E-state index contributed by atoms with van der Waals surface area (Å²) in [7, 11) is 0. The molecule has 7 nitrogen and oxygen atoms in total. The molecule has 4 N–H and O–H groups in total. The molecule has 1 atom stereocenters. The predicted octanol–water partition coefficient (Wildman–Crippen LogP) is 4.84. The van der Waals surface area contributed by atoms with E-state index in [1.807, 2.05) is 44.2 Å². The van der Waals surface area contributed by atoms with Crippen LogP contribution in [0.3, 0.4) is 0 Å². The van der Waals surface area contributed by atoms with Crippen LogP contribution in [0.25, 0.3) is 0 Å². The van der Waals surface area contributed by atoms with E-state index in [4.69, 9.17) is 0 Å². The second kappa shape index (κ2) is 12.9. The fourth-order valence-corrected chi connectivity index (χ4v) is 3.37. The van der Waals surface area contributed by atoms with Crippen molar-refractivity contribution in [1.29, 1.82) is 0 Å². The van der Waals surface area contributed by atoms with E-state index in [2.05, 4.69) is 21.3 Å². The van der Waals surface area contributed by atoms with E-state index in [9.17, 15) is 14.4 Å². The highest BCUT2D eigenvalue weighted by Gasteiger charge is 2.10. The number of hydrogen-bond acceptors (Lipinski definition) is 4. The first kappa shape index (κ1) is 25.5. The molecular weight excluding hydrogens is 440 g/mol. The number of carbonyl (C=O) groups is 3. The maximum atomic E-state index is 12.4. The van der Waals surface area contributed by atoms with E-state index >= 15 is 0 Å². The number of aryl methyl sites for hydroxylation is 1.